The third kappa shape index (κ3) is 10.7. The van der Waals surface area contributed by atoms with E-state index in [-0.39, 0.29) is 99.6 Å². The summed E-state index contributed by atoms with van der Waals surface area (Å²) in [4.78, 5) is 22.7. The molecule has 264 valence electrons. The van der Waals surface area contributed by atoms with Crippen LogP contribution in [0.5, 0.6) is 11.5 Å². The molecular formula is C30H24BBrCl2F7KN2O6. The van der Waals surface area contributed by atoms with E-state index in [0.29, 0.717) is 0 Å². The number of anilines is 2. The van der Waals surface area contributed by atoms with Crippen LogP contribution in [0.4, 0.5) is 41.9 Å². The second kappa shape index (κ2) is 19.8. The molecule has 4 N–H and O–H groups in total. The summed E-state index contributed by atoms with van der Waals surface area (Å²) in [5, 5.41) is -0.118. The van der Waals surface area contributed by atoms with Gasteiger partial charge < -0.3 is 43.4 Å². The number of carbonyl (C=O) groups is 2. The van der Waals surface area contributed by atoms with Crippen LogP contribution in [-0.4, -0.2) is 47.4 Å². The van der Waals surface area contributed by atoms with E-state index in [1.54, 1.807) is 0 Å². The minimum atomic E-state index is -5.36. The van der Waals surface area contributed by atoms with Gasteiger partial charge >= 0.3 is 70.3 Å². The number of esters is 2. The molecule has 0 aliphatic carbocycles. The second-order valence-electron chi connectivity index (χ2n) is 9.19. The van der Waals surface area contributed by atoms with Crippen LogP contribution < -0.4 is 77.8 Å². The SMILES string of the molecule is COC(=O)c1cc(Cl)c(-c2c(F)cccc2OC)c(F)c1N.COC(=O)c1cc(Cl)c(Br)c(F)c1N.COc1cccc(F)c1[B-](F)(F)F.[K+]. The first-order valence-electron chi connectivity index (χ1n) is 13.1. The Morgan fingerprint density at radius 3 is 1.58 bits per heavy atom. The van der Waals surface area contributed by atoms with Gasteiger partial charge in [-0.05, 0) is 57.8 Å². The van der Waals surface area contributed by atoms with Crippen LogP contribution >= 0.6 is 39.1 Å². The maximum atomic E-state index is 14.6. The van der Waals surface area contributed by atoms with Gasteiger partial charge in [0.25, 0.3) is 0 Å². The Morgan fingerprint density at radius 1 is 0.700 bits per heavy atom. The third-order valence-corrected chi connectivity index (χ3v) is 7.87. The Labute approximate surface area is 342 Å². The van der Waals surface area contributed by atoms with E-state index in [4.69, 9.17) is 39.4 Å². The number of hydrogen-bond acceptors (Lipinski definition) is 8. The third-order valence-electron chi connectivity index (χ3n) is 6.27. The summed E-state index contributed by atoms with van der Waals surface area (Å²) in [6.07, 6.45) is 0. The second-order valence-corrected chi connectivity index (χ2v) is 10.8. The van der Waals surface area contributed by atoms with Gasteiger partial charge in [0.1, 0.15) is 11.6 Å². The standard InChI is InChI=1S/C15H12ClF2NO3.C8H6BrClFNO2.C7H6BF4O.K/c1-21-10-5-3-4-9(17)12(10)11-8(16)6-7(15(20)22-2)14(19)13(11)18;1-14-8(13)3-2-4(10)5(9)6(11)7(3)12;1-13-6-4-2-3-5(9)7(6)8(10,11)12;/h3-6H,19H2,1-2H3;2H,12H2,1H3;2-4H,1H3;/q;;-1;+1. The van der Waals surface area contributed by atoms with Gasteiger partial charge in [-0.1, -0.05) is 35.3 Å². The fourth-order valence-electron chi connectivity index (χ4n) is 3.96. The largest absolute Gasteiger partial charge is 1.00 e. The van der Waals surface area contributed by atoms with E-state index < -0.39 is 59.1 Å². The van der Waals surface area contributed by atoms with Crippen molar-refractivity contribution in [1.82, 2.24) is 0 Å². The zero-order chi connectivity index (χ0) is 37.4. The van der Waals surface area contributed by atoms with Crippen LogP contribution in [0.3, 0.4) is 0 Å². The average molecular weight is 842 g/mol. The summed E-state index contributed by atoms with van der Waals surface area (Å²) in [7, 11) is 4.69. The number of ether oxygens (including phenoxy) is 4. The van der Waals surface area contributed by atoms with E-state index in [0.717, 1.165) is 38.5 Å². The Balaban J connectivity index is 0.000000390. The van der Waals surface area contributed by atoms with Gasteiger partial charge in [0.15, 0.2) is 11.6 Å². The van der Waals surface area contributed by atoms with E-state index in [9.17, 15) is 40.1 Å². The van der Waals surface area contributed by atoms with Crippen LogP contribution in [0.1, 0.15) is 20.7 Å². The maximum absolute atomic E-state index is 14.6. The summed E-state index contributed by atoms with van der Waals surface area (Å²) in [5.41, 5.74) is 8.15. The van der Waals surface area contributed by atoms with Gasteiger partial charge in [-0.25, -0.2) is 27.2 Å². The molecule has 8 nitrogen and oxygen atoms in total. The first kappa shape index (κ1) is 45.3. The minimum Gasteiger partial charge on any atom is -0.500 e. The maximum Gasteiger partial charge on any atom is 1.00 e. The van der Waals surface area contributed by atoms with Gasteiger partial charge in [0.05, 0.1) is 82.6 Å². The predicted molar refractivity (Wildman–Crippen MR) is 176 cm³/mol. The van der Waals surface area contributed by atoms with Crippen molar-refractivity contribution in [2.45, 2.75) is 0 Å². The molecule has 20 heteroatoms. The molecule has 0 saturated carbocycles. The van der Waals surface area contributed by atoms with Gasteiger partial charge in [-0.15, -0.1) is 0 Å². The Bertz CT molecular complexity index is 1880. The molecule has 50 heavy (non-hydrogen) atoms. The Morgan fingerprint density at radius 2 is 1.14 bits per heavy atom. The van der Waals surface area contributed by atoms with Gasteiger partial charge in [-0.2, -0.15) is 0 Å². The topological polar surface area (TPSA) is 123 Å². The summed E-state index contributed by atoms with van der Waals surface area (Å²) < 4.78 is 110. The summed E-state index contributed by atoms with van der Waals surface area (Å²) in [6.45, 7) is -5.36. The van der Waals surface area contributed by atoms with E-state index in [2.05, 4.69) is 30.1 Å². The van der Waals surface area contributed by atoms with Crippen molar-refractivity contribution >= 4 is 74.9 Å². The molecule has 0 radical (unpaired) electrons. The number of benzene rings is 4. The molecule has 0 spiro atoms. The monoisotopic (exact) mass is 840 g/mol. The molecule has 4 rings (SSSR count). The van der Waals surface area contributed by atoms with Crippen molar-refractivity contribution in [3.05, 3.63) is 97.4 Å². The zero-order valence-electron chi connectivity index (χ0n) is 26.6. The summed E-state index contributed by atoms with van der Waals surface area (Å²) >= 11 is 14.6. The molecule has 0 heterocycles. The molecule has 0 bridgehead atoms. The first-order valence-corrected chi connectivity index (χ1v) is 14.6. The number of nitrogens with two attached hydrogens (primary N) is 2. The molecule has 0 fully saturated rings. The Hall–Kier alpha value is -2.71. The van der Waals surface area contributed by atoms with Crippen LogP contribution in [0.2, 0.25) is 10.0 Å². The number of carbonyl (C=O) groups excluding carboxylic acids is 2. The van der Waals surface area contributed by atoms with Crippen LogP contribution in [0.25, 0.3) is 11.1 Å². The number of rotatable bonds is 6. The number of hydrogen-bond donors (Lipinski definition) is 2. The van der Waals surface area contributed by atoms with Gasteiger partial charge in [-0.3, -0.25) is 0 Å². The molecule has 0 aromatic heterocycles. The molecule has 0 atom stereocenters. The van der Waals surface area contributed by atoms with Crippen LogP contribution in [0.15, 0.2) is 53.0 Å². The fraction of sp³-hybridized carbons (Fsp3) is 0.133. The van der Waals surface area contributed by atoms with Crippen molar-refractivity contribution in [1.29, 1.82) is 0 Å². The first-order chi connectivity index (χ1) is 22.9. The molecule has 0 unspecified atom stereocenters. The van der Waals surface area contributed by atoms with Crippen LogP contribution in [0, 0.1) is 23.3 Å². The van der Waals surface area contributed by atoms with Crippen molar-refractivity contribution < 1.29 is 110 Å². The van der Waals surface area contributed by atoms with Crippen molar-refractivity contribution in [3.8, 4) is 22.6 Å². The normalized spacial score (nSPS) is 10.4. The molecule has 4 aromatic rings. The molecule has 0 saturated heterocycles. The van der Waals surface area contributed by atoms with Gasteiger partial charge in [0.2, 0.25) is 0 Å². The predicted octanol–water partition coefficient (Wildman–Crippen LogP) is 5.17. The van der Waals surface area contributed by atoms with Crippen molar-refractivity contribution in [2.24, 2.45) is 0 Å². The zero-order valence-corrected chi connectivity index (χ0v) is 32.8. The molecule has 0 amide bonds. The molecule has 0 aliphatic heterocycles. The average Bonchev–Trinajstić information content (AvgIpc) is 3.06. The van der Waals surface area contributed by atoms with Gasteiger partial charge in [0, 0.05) is 5.56 Å². The summed E-state index contributed by atoms with van der Waals surface area (Å²) in [6, 6.07) is 9.38. The quantitative estimate of drug-likeness (QED) is 0.0898. The number of nitrogen functional groups attached to an aromatic ring is 2. The van der Waals surface area contributed by atoms with Crippen molar-refractivity contribution in [3.63, 3.8) is 0 Å². The minimum absolute atomic E-state index is 0. The fourth-order valence-corrected chi connectivity index (χ4v) is 4.77. The number of methoxy groups -OCH3 is 4. The molecule has 4 aromatic carbocycles. The summed E-state index contributed by atoms with van der Waals surface area (Å²) in [5.74, 6) is -5.77. The van der Waals surface area contributed by atoms with E-state index in [1.807, 2.05) is 0 Å². The number of halogens is 10. The molecule has 0 aliphatic rings. The van der Waals surface area contributed by atoms with E-state index in [1.165, 1.54) is 38.5 Å². The molecular weight excluding hydrogens is 818 g/mol. The Kier molecular flexibility index (Phi) is 17.9. The van der Waals surface area contributed by atoms with Crippen LogP contribution in [-0.2, 0) is 9.47 Å². The van der Waals surface area contributed by atoms with E-state index >= 15 is 0 Å². The van der Waals surface area contributed by atoms with Crippen molar-refractivity contribution in [2.75, 3.05) is 39.9 Å². The smallest absolute Gasteiger partial charge is 0.500 e.